The fourth-order valence-electron chi connectivity index (χ4n) is 1.11. The van der Waals surface area contributed by atoms with Gasteiger partial charge in [0.15, 0.2) is 0 Å². The summed E-state index contributed by atoms with van der Waals surface area (Å²) >= 11 is 0. The highest BCUT2D eigenvalue weighted by Crippen LogP contribution is 2.20. The Morgan fingerprint density at radius 1 is 1.08 bits per heavy atom. The average Bonchev–Trinajstić information content (AvgIpc) is 1.81. The maximum atomic E-state index is 9.13. The number of phenolic OH excluding ortho intramolecular Hbond substituents is 2. The molecule has 0 unspecified atom stereocenters. The lowest BCUT2D eigenvalue weighted by Gasteiger charge is -2.09. The molecule has 2 N–H and O–H groups in total. The Labute approximate surface area is 71.9 Å². The topological polar surface area (TPSA) is 43.7 Å². The molecule has 0 aliphatic carbocycles. The number of hydrogen-bond acceptors (Lipinski definition) is 3. The first kappa shape index (κ1) is 8.87. The van der Waals surface area contributed by atoms with Crippen molar-refractivity contribution in [3.05, 3.63) is 23.8 Å². The molecule has 0 aliphatic rings. The smallest absolute Gasteiger partial charge is 0.119 e. The van der Waals surface area contributed by atoms with Gasteiger partial charge < -0.3 is 15.1 Å². The standard InChI is InChI=1S/C9H13NO2/c1-10(2)6-7-3-8(11)5-9(12)4-7/h3-5,11-12H,6H2,1-2H3. The Balaban J connectivity index is 2.85. The van der Waals surface area contributed by atoms with Gasteiger partial charge in [0.2, 0.25) is 0 Å². The van der Waals surface area contributed by atoms with E-state index in [1.165, 1.54) is 6.07 Å². The van der Waals surface area contributed by atoms with E-state index in [2.05, 4.69) is 0 Å². The minimum Gasteiger partial charge on any atom is -0.508 e. The van der Waals surface area contributed by atoms with Crippen LogP contribution in [-0.2, 0) is 6.54 Å². The third-order valence-corrected chi connectivity index (χ3v) is 1.46. The van der Waals surface area contributed by atoms with Crippen LogP contribution < -0.4 is 0 Å². The number of phenols is 2. The summed E-state index contributed by atoms with van der Waals surface area (Å²) in [7, 11) is 3.86. The fourth-order valence-corrected chi connectivity index (χ4v) is 1.11. The highest BCUT2D eigenvalue weighted by atomic mass is 16.3. The Hall–Kier alpha value is -1.22. The zero-order valence-electron chi connectivity index (χ0n) is 7.28. The van der Waals surface area contributed by atoms with Crippen molar-refractivity contribution in [1.29, 1.82) is 0 Å². The lowest BCUT2D eigenvalue weighted by atomic mass is 10.2. The lowest BCUT2D eigenvalue weighted by molar-refractivity contribution is 0.397. The molecule has 1 rings (SSSR count). The molecule has 0 spiro atoms. The molecule has 0 aromatic heterocycles. The molecule has 66 valence electrons. The second-order valence-electron chi connectivity index (χ2n) is 3.10. The Kier molecular flexibility index (Phi) is 2.55. The molecule has 0 amide bonds. The largest absolute Gasteiger partial charge is 0.508 e. The molecule has 1 aromatic rings. The van der Waals surface area contributed by atoms with E-state index in [9.17, 15) is 0 Å². The molecule has 1 aromatic carbocycles. The Morgan fingerprint density at radius 2 is 1.58 bits per heavy atom. The van der Waals surface area contributed by atoms with Crippen molar-refractivity contribution in [3.63, 3.8) is 0 Å². The van der Waals surface area contributed by atoms with Gasteiger partial charge in [-0.05, 0) is 31.8 Å². The second-order valence-corrected chi connectivity index (χ2v) is 3.10. The number of nitrogens with zero attached hydrogens (tertiary/aromatic N) is 1. The highest BCUT2D eigenvalue weighted by molar-refractivity contribution is 5.36. The van der Waals surface area contributed by atoms with Crippen LogP contribution in [0.25, 0.3) is 0 Å². The Bertz CT molecular complexity index is 251. The van der Waals surface area contributed by atoms with Crippen molar-refractivity contribution in [3.8, 4) is 11.5 Å². The van der Waals surface area contributed by atoms with E-state index in [1.54, 1.807) is 12.1 Å². The SMILES string of the molecule is CN(C)Cc1cc(O)cc(O)c1. The summed E-state index contributed by atoms with van der Waals surface area (Å²) in [5.41, 5.74) is 0.900. The molecule has 0 saturated heterocycles. The van der Waals surface area contributed by atoms with Gasteiger partial charge in [-0.25, -0.2) is 0 Å². The van der Waals surface area contributed by atoms with E-state index in [1.807, 2.05) is 19.0 Å². The summed E-state index contributed by atoms with van der Waals surface area (Å²) < 4.78 is 0. The summed E-state index contributed by atoms with van der Waals surface area (Å²) in [5, 5.41) is 18.3. The van der Waals surface area contributed by atoms with Crippen molar-refractivity contribution >= 4 is 0 Å². The van der Waals surface area contributed by atoms with Gasteiger partial charge in [-0.1, -0.05) is 0 Å². The predicted octanol–water partition coefficient (Wildman–Crippen LogP) is 1.16. The molecule has 0 radical (unpaired) electrons. The van der Waals surface area contributed by atoms with Crippen molar-refractivity contribution in [2.75, 3.05) is 14.1 Å². The third kappa shape index (κ3) is 2.43. The van der Waals surface area contributed by atoms with Gasteiger partial charge in [0.05, 0.1) is 0 Å². The van der Waals surface area contributed by atoms with Gasteiger partial charge in [-0.3, -0.25) is 0 Å². The number of rotatable bonds is 2. The van der Waals surface area contributed by atoms with Crippen LogP contribution in [0, 0.1) is 0 Å². The summed E-state index contributed by atoms with van der Waals surface area (Å²) in [6, 6.07) is 4.60. The minimum atomic E-state index is 0.104. The van der Waals surface area contributed by atoms with Gasteiger partial charge in [0.1, 0.15) is 11.5 Å². The maximum Gasteiger partial charge on any atom is 0.119 e. The van der Waals surface area contributed by atoms with Crippen LogP contribution in [0.2, 0.25) is 0 Å². The van der Waals surface area contributed by atoms with E-state index in [4.69, 9.17) is 10.2 Å². The quantitative estimate of drug-likeness (QED) is 0.694. The van der Waals surface area contributed by atoms with Crippen LogP contribution in [0.15, 0.2) is 18.2 Å². The van der Waals surface area contributed by atoms with Gasteiger partial charge in [-0.2, -0.15) is 0 Å². The zero-order chi connectivity index (χ0) is 9.14. The fraction of sp³-hybridized carbons (Fsp3) is 0.333. The van der Waals surface area contributed by atoms with Crippen molar-refractivity contribution in [2.24, 2.45) is 0 Å². The summed E-state index contributed by atoms with van der Waals surface area (Å²) in [4.78, 5) is 1.97. The zero-order valence-corrected chi connectivity index (χ0v) is 7.28. The third-order valence-electron chi connectivity index (χ3n) is 1.46. The van der Waals surface area contributed by atoms with E-state index in [0.29, 0.717) is 6.54 Å². The van der Waals surface area contributed by atoms with Crippen LogP contribution >= 0.6 is 0 Å². The molecular formula is C9H13NO2. The van der Waals surface area contributed by atoms with Gasteiger partial charge in [0, 0.05) is 12.6 Å². The van der Waals surface area contributed by atoms with E-state index in [-0.39, 0.29) is 11.5 Å². The number of aromatic hydroxyl groups is 2. The molecule has 3 heteroatoms. The van der Waals surface area contributed by atoms with Gasteiger partial charge in [0.25, 0.3) is 0 Å². The van der Waals surface area contributed by atoms with Crippen LogP contribution in [0.4, 0.5) is 0 Å². The first-order valence-corrected chi connectivity index (χ1v) is 3.74. The molecule has 0 bridgehead atoms. The minimum absolute atomic E-state index is 0.104. The van der Waals surface area contributed by atoms with Gasteiger partial charge >= 0.3 is 0 Å². The molecule has 0 fully saturated rings. The van der Waals surface area contributed by atoms with Crippen LogP contribution in [0.5, 0.6) is 11.5 Å². The first-order valence-electron chi connectivity index (χ1n) is 3.74. The second kappa shape index (κ2) is 3.45. The van der Waals surface area contributed by atoms with E-state index in [0.717, 1.165) is 5.56 Å². The predicted molar refractivity (Wildman–Crippen MR) is 47.2 cm³/mol. The molecule has 0 saturated carbocycles. The molecule has 0 aliphatic heterocycles. The first-order chi connectivity index (χ1) is 5.58. The average molecular weight is 167 g/mol. The molecule has 3 nitrogen and oxygen atoms in total. The van der Waals surface area contributed by atoms with Crippen molar-refractivity contribution in [2.45, 2.75) is 6.54 Å². The lowest BCUT2D eigenvalue weighted by Crippen LogP contribution is -2.10. The molecule has 12 heavy (non-hydrogen) atoms. The highest BCUT2D eigenvalue weighted by Gasteiger charge is 1.99. The van der Waals surface area contributed by atoms with Crippen molar-refractivity contribution in [1.82, 2.24) is 4.90 Å². The van der Waals surface area contributed by atoms with E-state index >= 15 is 0 Å². The van der Waals surface area contributed by atoms with Crippen LogP contribution in [0.1, 0.15) is 5.56 Å². The summed E-state index contributed by atoms with van der Waals surface area (Å²) in [6.07, 6.45) is 0. The van der Waals surface area contributed by atoms with Crippen molar-refractivity contribution < 1.29 is 10.2 Å². The van der Waals surface area contributed by atoms with E-state index < -0.39 is 0 Å². The van der Waals surface area contributed by atoms with Gasteiger partial charge in [-0.15, -0.1) is 0 Å². The summed E-state index contributed by atoms with van der Waals surface area (Å²) in [5.74, 6) is 0.207. The molecular weight excluding hydrogens is 154 g/mol. The Morgan fingerprint density at radius 3 is 2.00 bits per heavy atom. The summed E-state index contributed by atoms with van der Waals surface area (Å²) in [6.45, 7) is 0.710. The molecule has 0 heterocycles. The van der Waals surface area contributed by atoms with Crippen LogP contribution in [-0.4, -0.2) is 29.2 Å². The number of benzene rings is 1. The van der Waals surface area contributed by atoms with Crippen LogP contribution in [0.3, 0.4) is 0 Å². The maximum absolute atomic E-state index is 9.13. The monoisotopic (exact) mass is 167 g/mol. The normalized spacial score (nSPS) is 10.6. The number of hydrogen-bond donors (Lipinski definition) is 2. The molecule has 0 atom stereocenters.